The molecule has 0 fully saturated rings. The zero-order valence-corrected chi connectivity index (χ0v) is 16.1. The van der Waals surface area contributed by atoms with E-state index in [0.717, 1.165) is 36.2 Å². The highest BCUT2D eigenvalue weighted by molar-refractivity contribution is 5.58. The van der Waals surface area contributed by atoms with Crippen LogP contribution in [0.1, 0.15) is 65.2 Å². The van der Waals surface area contributed by atoms with E-state index in [4.69, 9.17) is 0 Å². The number of hydrogen-bond donors (Lipinski definition) is 2. The lowest BCUT2D eigenvalue weighted by atomic mass is 10.1. The number of imidazole rings is 1. The third-order valence-electron chi connectivity index (χ3n) is 3.17. The van der Waals surface area contributed by atoms with E-state index in [0.29, 0.717) is 6.42 Å². The number of H-pyrrole nitrogens is 1. The predicted molar refractivity (Wildman–Crippen MR) is 103 cm³/mol. The Hall–Kier alpha value is -2.01. The van der Waals surface area contributed by atoms with Crippen molar-refractivity contribution in [2.45, 2.75) is 59.4 Å². The summed E-state index contributed by atoms with van der Waals surface area (Å²) in [7, 11) is 1.93. The van der Waals surface area contributed by atoms with E-state index in [1.54, 1.807) is 18.3 Å². The van der Waals surface area contributed by atoms with Crippen LogP contribution in [0.25, 0.3) is 11.3 Å². The molecule has 0 amide bonds. The molecule has 0 radical (unpaired) electrons. The summed E-state index contributed by atoms with van der Waals surface area (Å²) in [6, 6.07) is 6.65. The lowest BCUT2D eigenvalue weighted by molar-refractivity contribution is -0.107. The van der Waals surface area contributed by atoms with Crippen LogP contribution < -0.4 is 5.32 Å². The van der Waals surface area contributed by atoms with Gasteiger partial charge in [-0.2, -0.15) is 0 Å². The lowest BCUT2D eigenvalue weighted by Gasteiger charge is -2.11. The topological polar surface area (TPSA) is 57.8 Å². The van der Waals surface area contributed by atoms with E-state index in [1.807, 2.05) is 14.0 Å². The van der Waals surface area contributed by atoms with Gasteiger partial charge in [0.1, 0.15) is 17.9 Å². The van der Waals surface area contributed by atoms with Gasteiger partial charge < -0.3 is 15.1 Å². The minimum atomic E-state index is -0.224. The largest absolute Gasteiger partial charge is 0.341 e. The van der Waals surface area contributed by atoms with Gasteiger partial charge in [-0.15, -0.1) is 0 Å². The molecule has 1 unspecified atom stereocenters. The number of carbonyl (C=O) groups excluding carboxylic acids is 1. The third kappa shape index (κ3) is 9.15. The molecule has 0 spiro atoms. The molecule has 2 rings (SSSR count). The number of hydrogen-bond acceptors (Lipinski definition) is 3. The Kier molecular flexibility index (Phi) is 13.2. The fraction of sp³-hybridized carbons (Fsp3) is 0.500. The molecule has 2 N–H and O–H groups in total. The Morgan fingerprint density at radius 2 is 1.76 bits per heavy atom. The third-order valence-corrected chi connectivity index (χ3v) is 3.17. The van der Waals surface area contributed by atoms with E-state index in [1.165, 1.54) is 18.6 Å². The van der Waals surface area contributed by atoms with Crippen molar-refractivity contribution >= 4 is 6.29 Å². The quantitative estimate of drug-likeness (QED) is 0.697. The molecular weight excluding hydrogens is 317 g/mol. The minimum Gasteiger partial charge on any atom is -0.341 e. The van der Waals surface area contributed by atoms with Gasteiger partial charge in [0.15, 0.2) is 0 Å². The van der Waals surface area contributed by atoms with Crippen LogP contribution in [0.15, 0.2) is 30.5 Å². The molecule has 25 heavy (non-hydrogen) atoms. The summed E-state index contributed by atoms with van der Waals surface area (Å²) >= 11 is 0. The van der Waals surface area contributed by atoms with Crippen molar-refractivity contribution in [2.24, 2.45) is 0 Å². The highest BCUT2D eigenvalue weighted by Gasteiger charge is 2.12. The fourth-order valence-electron chi connectivity index (χ4n) is 2.00. The maximum atomic E-state index is 12.9. The number of benzene rings is 1. The summed E-state index contributed by atoms with van der Waals surface area (Å²) in [6.45, 7) is 8.21. The Morgan fingerprint density at radius 1 is 1.20 bits per heavy atom. The van der Waals surface area contributed by atoms with Gasteiger partial charge in [0, 0.05) is 6.42 Å². The van der Waals surface area contributed by atoms with E-state index in [2.05, 4.69) is 36.1 Å². The summed E-state index contributed by atoms with van der Waals surface area (Å²) in [6.07, 6.45) is 6.69. The average Bonchev–Trinajstić information content (AvgIpc) is 3.11. The summed E-state index contributed by atoms with van der Waals surface area (Å²) in [4.78, 5) is 16.9. The van der Waals surface area contributed by atoms with Crippen molar-refractivity contribution in [1.29, 1.82) is 0 Å². The molecule has 0 aliphatic heterocycles. The van der Waals surface area contributed by atoms with Crippen LogP contribution in [-0.2, 0) is 4.79 Å². The molecule has 0 saturated carbocycles. The zero-order chi connectivity index (χ0) is 19.1. The summed E-state index contributed by atoms with van der Waals surface area (Å²) in [5.41, 5.74) is 1.86. The van der Waals surface area contributed by atoms with Crippen molar-refractivity contribution in [2.75, 3.05) is 7.05 Å². The van der Waals surface area contributed by atoms with Crippen LogP contribution in [0.4, 0.5) is 4.39 Å². The van der Waals surface area contributed by atoms with Gasteiger partial charge >= 0.3 is 0 Å². The van der Waals surface area contributed by atoms with Gasteiger partial charge in [0.25, 0.3) is 0 Å². The van der Waals surface area contributed by atoms with Gasteiger partial charge in [0.05, 0.1) is 17.9 Å². The Morgan fingerprint density at radius 3 is 2.20 bits per heavy atom. The van der Waals surface area contributed by atoms with Crippen molar-refractivity contribution < 1.29 is 9.18 Å². The van der Waals surface area contributed by atoms with Gasteiger partial charge in [-0.1, -0.05) is 40.5 Å². The van der Waals surface area contributed by atoms with Gasteiger partial charge in [0.2, 0.25) is 0 Å². The molecule has 0 aliphatic carbocycles. The second-order valence-corrected chi connectivity index (χ2v) is 5.60. The predicted octanol–water partition coefficient (Wildman–Crippen LogP) is 5.29. The second kappa shape index (κ2) is 14.3. The number of halogens is 1. The zero-order valence-electron chi connectivity index (χ0n) is 16.1. The first-order chi connectivity index (χ1) is 12.1. The van der Waals surface area contributed by atoms with Gasteiger partial charge in [-0.25, -0.2) is 9.37 Å². The summed E-state index contributed by atoms with van der Waals surface area (Å²) < 4.78 is 12.9. The molecule has 1 atom stereocenters. The van der Waals surface area contributed by atoms with Crippen molar-refractivity contribution in [3.05, 3.63) is 42.1 Å². The SMILES string of the molecule is CCC.CCC=O.CCCC(NC)c1ncc(-c2ccc(F)cc2)[nH]1. The smallest absolute Gasteiger partial charge is 0.123 e. The van der Waals surface area contributed by atoms with Gasteiger partial charge in [-0.05, 0) is 43.3 Å². The average molecular weight is 349 g/mol. The number of aromatic amines is 1. The van der Waals surface area contributed by atoms with Crippen LogP contribution in [-0.4, -0.2) is 23.3 Å². The summed E-state index contributed by atoms with van der Waals surface area (Å²) in [5.74, 6) is 0.705. The molecule has 0 aliphatic rings. The van der Waals surface area contributed by atoms with Crippen molar-refractivity contribution in [3.63, 3.8) is 0 Å². The number of aldehydes is 1. The minimum absolute atomic E-state index is 0.224. The van der Waals surface area contributed by atoms with Crippen LogP contribution in [0, 0.1) is 5.82 Å². The molecule has 2 aromatic rings. The Labute approximate surface area is 151 Å². The number of rotatable bonds is 6. The maximum Gasteiger partial charge on any atom is 0.123 e. The summed E-state index contributed by atoms with van der Waals surface area (Å²) in [5, 5.41) is 3.24. The molecule has 0 saturated heterocycles. The first-order valence-electron chi connectivity index (χ1n) is 8.99. The van der Waals surface area contributed by atoms with Crippen LogP contribution in [0.3, 0.4) is 0 Å². The molecule has 4 nitrogen and oxygen atoms in total. The fourth-order valence-corrected chi connectivity index (χ4v) is 2.00. The molecule has 5 heteroatoms. The molecule has 1 aromatic heterocycles. The first-order valence-corrected chi connectivity index (χ1v) is 8.99. The highest BCUT2D eigenvalue weighted by Crippen LogP contribution is 2.21. The van der Waals surface area contributed by atoms with E-state index >= 15 is 0 Å². The van der Waals surface area contributed by atoms with Crippen molar-refractivity contribution in [1.82, 2.24) is 15.3 Å². The molecule has 1 aromatic carbocycles. The second-order valence-electron chi connectivity index (χ2n) is 5.60. The molecule has 0 bridgehead atoms. The Bertz CT molecular complexity index is 567. The lowest BCUT2D eigenvalue weighted by Crippen LogP contribution is -2.17. The van der Waals surface area contributed by atoms with E-state index in [9.17, 15) is 9.18 Å². The van der Waals surface area contributed by atoms with Crippen LogP contribution in [0.5, 0.6) is 0 Å². The highest BCUT2D eigenvalue weighted by atomic mass is 19.1. The Balaban J connectivity index is 0.000000708. The monoisotopic (exact) mass is 349 g/mol. The first kappa shape index (κ1) is 23.0. The van der Waals surface area contributed by atoms with E-state index < -0.39 is 0 Å². The number of nitrogens with one attached hydrogen (secondary N) is 2. The molecule has 140 valence electrons. The number of carbonyl (C=O) groups is 1. The molecular formula is C20H32FN3O. The van der Waals surface area contributed by atoms with Gasteiger partial charge in [-0.3, -0.25) is 0 Å². The number of aromatic nitrogens is 2. The standard InChI is InChI=1S/C14H18FN3.C3H6O.C3H8/c1-3-4-12(16-2)14-17-9-13(18-14)10-5-7-11(15)8-6-10;1-2-3-4;1-3-2/h5-9,12,16H,3-4H2,1-2H3,(H,17,18);3H,2H2,1H3;3H2,1-2H3. The number of nitrogens with zero attached hydrogens (tertiary/aromatic N) is 1. The van der Waals surface area contributed by atoms with Crippen LogP contribution >= 0.6 is 0 Å². The van der Waals surface area contributed by atoms with E-state index in [-0.39, 0.29) is 11.9 Å². The molecule has 1 heterocycles. The normalized spacial score (nSPS) is 10.8. The van der Waals surface area contributed by atoms with Crippen molar-refractivity contribution in [3.8, 4) is 11.3 Å². The van der Waals surface area contributed by atoms with Crippen LogP contribution in [0.2, 0.25) is 0 Å². The maximum absolute atomic E-state index is 12.9.